The zero-order valence-electron chi connectivity index (χ0n) is 17.6. The first-order valence-corrected chi connectivity index (χ1v) is 11.4. The molecule has 0 fully saturated rings. The molecule has 0 saturated heterocycles. The number of thiophene rings is 1. The average Bonchev–Trinajstić information content (AvgIpc) is 3.46. The van der Waals surface area contributed by atoms with Crippen LogP contribution in [0.1, 0.15) is 54.4 Å². The number of aromatic nitrogens is 1. The molecule has 0 spiro atoms. The number of esters is 1. The Morgan fingerprint density at radius 3 is 2.76 bits per heavy atom. The predicted molar refractivity (Wildman–Crippen MR) is 120 cm³/mol. The molecule has 1 N–H and O–H groups in total. The number of fused-ring (bicyclic) bond motifs is 2. The van der Waals surface area contributed by atoms with Crippen molar-refractivity contribution in [2.45, 2.75) is 25.7 Å². The van der Waals surface area contributed by atoms with Gasteiger partial charge in [0, 0.05) is 22.8 Å². The first-order valence-electron chi connectivity index (χ1n) is 10.6. The van der Waals surface area contributed by atoms with Gasteiger partial charge in [0.2, 0.25) is 6.79 Å². The van der Waals surface area contributed by atoms with Crippen LogP contribution in [0.3, 0.4) is 0 Å². The molecular formula is C24H20N2O6S. The third kappa shape index (κ3) is 4.31. The maximum atomic E-state index is 13.1. The summed E-state index contributed by atoms with van der Waals surface area (Å²) in [6.45, 7) is -0.308. The highest BCUT2D eigenvalue weighted by Crippen LogP contribution is 2.39. The molecule has 8 nitrogen and oxygen atoms in total. The molecule has 33 heavy (non-hydrogen) atoms. The van der Waals surface area contributed by atoms with Crippen LogP contribution in [0.25, 0.3) is 0 Å². The molecule has 0 saturated carbocycles. The van der Waals surface area contributed by atoms with Gasteiger partial charge in [-0.2, -0.15) is 0 Å². The van der Waals surface area contributed by atoms with E-state index in [2.05, 4.69) is 10.3 Å². The molecule has 0 radical (unpaired) electrons. The number of amides is 1. The van der Waals surface area contributed by atoms with Gasteiger partial charge in [-0.05, 0) is 61.6 Å². The largest absolute Gasteiger partial charge is 0.454 e. The van der Waals surface area contributed by atoms with Crippen molar-refractivity contribution in [1.29, 1.82) is 0 Å². The van der Waals surface area contributed by atoms with Gasteiger partial charge in [0.1, 0.15) is 5.00 Å². The Morgan fingerprint density at radius 2 is 1.91 bits per heavy atom. The number of nitrogens with zero attached hydrogens (tertiary/aromatic N) is 1. The van der Waals surface area contributed by atoms with Gasteiger partial charge in [0.25, 0.3) is 5.91 Å². The second-order valence-electron chi connectivity index (χ2n) is 7.68. The number of hydrogen-bond donors (Lipinski definition) is 1. The molecule has 1 amide bonds. The second kappa shape index (κ2) is 9.03. The number of carbonyl (C=O) groups excluding carboxylic acids is 3. The van der Waals surface area contributed by atoms with E-state index in [1.165, 1.54) is 17.5 Å². The lowest BCUT2D eigenvalue weighted by Crippen LogP contribution is -2.18. The van der Waals surface area contributed by atoms with Crippen LogP contribution in [0.2, 0.25) is 0 Å². The number of aryl methyl sites for hydroxylation is 1. The van der Waals surface area contributed by atoms with Crippen LogP contribution < -0.4 is 14.8 Å². The number of anilines is 1. The quantitative estimate of drug-likeness (QED) is 0.434. The third-order valence-corrected chi connectivity index (χ3v) is 6.76. The third-order valence-electron chi connectivity index (χ3n) is 5.56. The van der Waals surface area contributed by atoms with E-state index < -0.39 is 12.6 Å². The van der Waals surface area contributed by atoms with Crippen LogP contribution in [0.4, 0.5) is 5.00 Å². The van der Waals surface area contributed by atoms with Crippen molar-refractivity contribution >= 4 is 34.0 Å². The lowest BCUT2D eigenvalue weighted by Gasteiger charge is -2.13. The van der Waals surface area contributed by atoms with E-state index in [1.807, 2.05) is 0 Å². The summed E-state index contributed by atoms with van der Waals surface area (Å²) in [5, 5.41) is 3.28. The molecule has 2 aromatic heterocycles. The fourth-order valence-corrected chi connectivity index (χ4v) is 5.17. The second-order valence-corrected chi connectivity index (χ2v) is 8.78. The molecule has 9 heteroatoms. The van der Waals surface area contributed by atoms with Crippen molar-refractivity contribution in [3.8, 4) is 11.5 Å². The average molecular weight is 464 g/mol. The number of rotatable bonds is 6. The summed E-state index contributed by atoms with van der Waals surface area (Å²) < 4.78 is 16.0. The summed E-state index contributed by atoms with van der Waals surface area (Å²) in [4.78, 5) is 43.4. The maximum Gasteiger partial charge on any atom is 0.341 e. The number of pyridine rings is 1. The molecule has 0 unspecified atom stereocenters. The van der Waals surface area contributed by atoms with Crippen molar-refractivity contribution < 1.29 is 28.6 Å². The molecule has 1 aromatic carbocycles. The molecule has 0 bridgehead atoms. The Hall–Kier alpha value is -3.72. The van der Waals surface area contributed by atoms with Crippen LogP contribution in [-0.4, -0.2) is 36.0 Å². The number of hydrogen-bond acceptors (Lipinski definition) is 8. The molecule has 3 aromatic rings. The van der Waals surface area contributed by atoms with Gasteiger partial charge in [-0.3, -0.25) is 14.6 Å². The molecule has 0 atom stereocenters. The fraction of sp³-hybridized carbons (Fsp3) is 0.250. The zero-order valence-corrected chi connectivity index (χ0v) is 18.4. The Morgan fingerprint density at radius 1 is 1.06 bits per heavy atom. The summed E-state index contributed by atoms with van der Waals surface area (Å²) in [7, 11) is 0. The van der Waals surface area contributed by atoms with Crippen molar-refractivity contribution in [1.82, 2.24) is 4.98 Å². The Bertz CT molecular complexity index is 1240. The standard InChI is InChI=1S/C24H20N2O6S/c27-17(14-7-8-18-19(10-14)32-13-31-18)12-30-24(29)21-16-5-1-2-6-20(16)33-23(21)26-22(28)15-4-3-9-25-11-15/h3-4,7-11H,1-2,5-6,12-13H2,(H,26,28). The van der Waals surface area contributed by atoms with Crippen LogP contribution in [0, 0.1) is 0 Å². The highest BCUT2D eigenvalue weighted by molar-refractivity contribution is 7.17. The van der Waals surface area contributed by atoms with Gasteiger partial charge in [-0.15, -0.1) is 11.3 Å². The molecule has 2 aliphatic rings. The fourth-order valence-electron chi connectivity index (χ4n) is 3.90. The van der Waals surface area contributed by atoms with Gasteiger partial charge >= 0.3 is 5.97 Å². The monoisotopic (exact) mass is 464 g/mol. The van der Waals surface area contributed by atoms with Crippen LogP contribution in [0.5, 0.6) is 11.5 Å². The smallest absolute Gasteiger partial charge is 0.341 e. The van der Waals surface area contributed by atoms with Crippen molar-refractivity contribution in [3.63, 3.8) is 0 Å². The molecule has 168 valence electrons. The van der Waals surface area contributed by atoms with Gasteiger partial charge in [0.05, 0.1) is 11.1 Å². The molecule has 1 aliphatic heterocycles. The van der Waals surface area contributed by atoms with Gasteiger partial charge in [-0.1, -0.05) is 0 Å². The molecule has 3 heterocycles. The van der Waals surface area contributed by atoms with Gasteiger partial charge < -0.3 is 19.5 Å². The number of ketones is 1. The summed E-state index contributed by atoms with van der Waals surface area (Å²) >= 11 is 1.39. The Balaban J connectivity index is 1.34. The van der Waals surface area contributed by atoms with E-state index in [0.717, 1.165) is 36.1 Å². The van der Waals surface area contributed by atoms with Crippen molar-refractivity contribution in [2.24, 2.45) is 0 Å². The van der Waals surface area contributed by atoms with E-state index in [9.17, 15) is 14.4 Å². The lowest BCUT2D eigenvalue weighted by molar-refractivity contribution is 0.0475. The summed E-state index contributed by atoms with van der Waals surface area (Å²) in [6, 6.07) is 8.15. The lowest BCUT2D eigenvalue weighted by atomic mass is 9.95. The molecular weight excluding hydrogens is 444 g/mol. The maximum absolute atomic E-state index is 13.1. The minimum absolute atomic E-state index is 0.110. The van der Waals surface area contributed by atoms with E-state index in [4.69, 9.17) is 14.2 Å². The van der Waals surface area contributed by atoms with E-state index in [1.54, 1.807) is 36.5 Å². The number of carbonyl (C=O) groups is 3. The van der Waals surface area contributed by atoms with Crippen molar-refractivity contribution in [2.75, 3.05) is 18.7 Å². The number of Topliss-reactive ketones (excluding diaryl/α,β-unsaturated/α-hetero) is 1. The predicted octanol–water partition coefficient (Wildman–Crippen LogP) is 4.04. The highest BCUT2D eigenvalue weighted by atomic mass is 32.1. The van der Waals surface area contributed by atoms with Gasteiger partial charge in [-0.25, -0.2) is 4.79 Å². The highest BCUT2D eigenvalue weighted by Gasteiger charge is 2.28. The van der Waals surface area contributed by atoms with E-state index in [0.29, 0.717) is 33.2 Å². The summed E-state index contributed by atoms with van der Waals surface area (Å²) in [6.07, 6.45) is 6.61. The SMILES string of the molecule is O=C(COC(=O)c1c(NC(=O)c2cccnc2)sc2c1CCCC2)c1ccc2c(c1)OCO2. The number of ether oxygens (including phenoxy) is 3. The zero-order chi connectivity index (χ0) is 22.8. The van der Waals surface area contributed by atoms with E-state index >= 15 is 0 Å². The summed E-state index contributed by atoms with van der Waals surface area (Å²) in [5.41, 5.74) is 1.99. The van der Waals surface area contributed by atoms with Crippen LogP contribution >= 0.6 is 11.3 Å². The number of nitrogens with one attached hydrogen (secondary N) is 1. The minimum atomic E-state index is -0.620. The molecule has 5 rings (SSSR count). The minimum Gasteiger partial charge on any atom is -0.454 e. The first-order chi connectivity index (χ1) is 16.1. The first kappa shape index (κ1) is 21.1. The van der Waals surface area contributed by atoms with Crippen LogP contribution in [0.15, 0.2) is 42.7 Å². The Kier molecular flexibility index (Phi) is 5.78. The molecule has 1 aliphatic carbocycles. The topological polar surface area (TPSA) is 104 Å². The Labute approximate surface area is 193 Å². The number of benzene rings is 1. The normalized spacial score (nSPS) is 13.8. The van der Waals surface area contributed by atoms with Crippen molar-refractivity contribution in [3.05, 3.63) is 69.9 Å². The summed E-state index contributed by atoms with van der Waals surface area (Å²) in [5.74, 6) is -0.272. The van der Waals surface area contributed by atoms with Gasteiger partial charge in [0.15, 0.2) is 23.9 Å². The van der Waals surface area contributed by atoms with E-state index in [-0.39, 0.29) is 18.5 Å². The van der Waals surface area contributed by atoms with Crippen LogP contribution in [-0.2, 0) is 17.6 Å².